The first-order chi connectivity index (χ1) is 21.0. The SMILES string of the molecule is COc1c(OCc2ccc(F)cc2)cc2oc3cc4c(c(OC/C=C\C(=O)O)c3c(=O)c2c1CC=C(C)C)C=CC(C)(C)O4. The van der Waals surface area contributed by atoms with E-state index in [0.717, 1.165) is 17.2 Å². The summed E-state index contributed by atoms with van der Waals surface area (Å²) in [6.07, 6.45) is 8.34. The first-order valence-corrected chi connectivity index (χ1v) is 14.1. The Balaban J connectivity index is 1.76. The molecule has 44 heavy (non-hydrogen) atoms. The van der Waals surface area contributed by atoms with E-state index in [9.17, 15) is 14.0 Å². The van der Waals surface area contributed by atoms with E-state index in [1.807, 2.05) is 45.9 Å². The van der Waals surface area contributed by atoms with Gasteiger partial charge in [-0.25, -0.2) is 9.18 Å². The third-order valence-electron chi connectivity index (χ3n) is 7.06. The van der Waals surface area contributed by atoms with Crippen LogP contribution in [0.4, 0.5) is 4.39 Å². The minimum Gasteiger partial charge on any atom is -0.493 e. The summed E-state index contributed by atoms with van der Waals surface area (Å²) < 4.78 is 44.0. The first-order valence-electron chi connectivity index (χ1n) is 14.1. The number of allylic oxidation sites excluding steroid dienone is 2. The van der Waals surface area contributed by atoms with Crippen LogP contribution in [0.1, 0.15) is 44.4 Å². The molecule has 8 nitrogen and oxygen atoms in total. The molecule has 0 radical (unpaired) electrons. The Morgan fingerprint density at radius 1 is 1.05 bits per heavy atom. The quantitative estimate of drug-likeness (QED) is 0.114. The van der Waals surface area contributed by atoms with E-state index in [-0.39, 0.29) is 46.8 Å². The van der Waals surface area contributed by atoms with Crippen LogP contribution in [0.25, 0.3) is 28.0 Å². The molecule has 228 valence electrons. The van der Waals surface area contributed by atoms with Crippen LogP contribution in [0, 0.1) is 5.82 Å². The zero-order chi connectivity index (χ0) is 31.6. The molecule has 0 amide bonds. The molecule has 0 unspecified atom stereocenters. The van der Waals surface area contributed by atoms with Crippen molar-refractivity contribution in [3.05, 3.63) is 99.0 Å². The highest BCUT2D eigenvalue weighted by Crippen LogP contribution is 2.44. The van der Waals surface area contributed by atoms with E-state index < -0.39 is 11.6 Å². The van der Waals surface area contributed by atoms with Gasteiger partial charge in [-0.15, -0.1) is 0 Å². The van der Waals surface area contributed by atoms with E-state index in [0.29, 0.717) is 40.2 Å². The smallest absolute Gasteiger partial charge is 0.328 e. The first kappa shape index (κ1) is 30.4. The van der Waals surface area contributed by atoms with Crippen LogP contribution in [0.3, 0.4) is 0 Å². The van der Waals surface area contributed by atoms with Crippen molar-refractivity contribution < 1.29 is 37.7 Å². The van der Waals surface area contributed by atoms with Gasteiger partial charge in [0.2, 0.25) is 5.43 Å². The Morgan fingerprint density at radius 2 is 1.77 bits per heavy atom. The number of carboxylic acid groups (broad SMARTS) is 1. The second-order valence-corrected chi connectivity index (χ2v) is 11.2. The van der Waals surface area contributed by atoms with Crippen LogP contribution in [-0.4, -0.2) is 30.4 Å². The summed E-state index contributed by atoms with van der Waals surface area (Å²) in [6.45, 7) is 7.74. The summed E-state index contributed by atoms with van der Waals surface area (Å²) in [5, 5.41) is 9.51. The normalized spacial score (nSPS) is 13.5. The fraction of sp³-hybridized carbons (Fsp3) is 0.257. The second-order valence-electron chi connectivity index (χ2n) is 11.2. The van der Waals surface area contributed by atoms with Crippen LogP contribution in [0.2, 0.25) is 0 Å². The summed E-state index contributed by atoms with van der Waals surface area (Å²) in [6, 6.07) is 9.26. The molecule has 0 atom stereocenters. The van der Waals surface area contributed by atoms with Crippen LogP contribution in [-0.2, 0) is 17.8 Å². The monoisotopic (exact) mass is 600 g/mol. The lowest BCUT2D eigenvalue weighted by Gasteiger charge is -2.29. The number of carbonyl (C=O) groups is 1. The molecule has 3 aromatic carbocycles. The van der Waals surface area contributed by atoms with Gasteiger partial charge in [0, 0.05) is 23.8 Å². The molecule has 0 spiro atoms. The third-order valence-corrected chi connectivity index (χ3v) is 7.06. The zero-order valence-electron chi connectivity index (χ0n) is 25.2. The van der Waals surface area contributed by atoms with Crippen LogP contribution in [0.15, 0.2) is 75.5 Å². The number of aliphatic carboxylic acids is 1. The number of benzene rings is 3. The number of ether oxygens (including phenoxy) is 4. The maximum Gasteiger partial charge on any atom is 0.328 e. The van der Waals surface area contributed by atoms with Crippen LogP contribution < -0.4 is 24.4 Å². The van der Waals surface area contributed by atoms with Crippen molar-refractivity contribution in [2.45, 2.75) is 46.3 Å². The molecule has 1 aliphatic rings. The number of carboxylic acids is 1. The third kappa shape index (κ3) is 6.32. The minimum absolute atomic E-state index is 0.101. The minimum atomic E-state index is -1.11. The predicted octanol–water partition coefficient (Wildman–Crippen LogP) is 7.39. The number of methoxy groups -OCH3 is 1. The number of hydrogen-bond donors (Lipinski definition) is 1. The molecule has 0 aliphatic carbocycles. The van der Waals surface area contributed by atoms with E-state index in [4.69, 9.17) is 28.5 Å². The number of fused-ring (bicyclic) bond motifs is 3. The van der Waals surface area contributed by atoms with Crippen molar-refractivity contribution in [3.63, 3.8) is 0 Å². The largest absolute Gasteiger partial charge is 0.493 e. The molecule has 1 aliphatic heterocycles. The summed E-state index contributed by atoms with van der Waals surface area (Å²) in [7, 11) is 1.50. The molecular formula is C35H33FO8. The van der Waals surface area contributed by atoms with Gasteiger partial charge in [-0.1, -0.05) is 23.8 Å². The standard InChI is InChI=1S/C35H33FO8/c1-20(2)8-13-24-30-26(18-28(33(24)40-5)42-19-21-9-11-22(36)12-10-21)43-27-17-25-23(14-15-35(3,4)44-25)34(31(27)32(30)39)41-16-6-7-29(37)38/h6-12,14-15,17-18H,13,16,19H2,1-5H3,(H,37,38)/b7-6-. The highest BCUT2D eigenvalue weighted by Gasteiger charge is 2.29. The van der Waals surface area contributed by atoms with E-state index in [1.165, 1.54) is 25.3 Å². The molecule has 0 fully saturated rings. The molecular weight excluding hydrogens is 567 g/mol. The Labute approximate surface area is 253 Å². The molecule has 5 rings (SSSR count). The fourth-order valence-electron chi connectivity index (χ4n) is 5.01. The number of rotatable bonds is 10. The predicted molar refractivity (Wildman–Crippen MR) is 166 cm³/mol. The summed E-state index contributed by atoms with van der Waals surface area (Å²) >= 11 is 0. The average molecular weight is 601 g/mol. The number of hydrogen-bond acceptors (Lipinski definition) is 7. The van der Waals surface area contributed by atoms with Crippen LogP contribution in [0.5, 0.6) is 23.0 Å². The second kappa shape index (κ2) is 12.3. The molecule has 0 bridgehead atoms. The highest BCUT2D eigenvalue weighted by molar-refractivity contribution is 5.99. The van der Waals surface area contributed by atoms with E-state index >= 15 is 0 Å². The van der Waals surface area contributed by atoms with Gasteiger partial charge in [0.25, 0.3) is 0 Å². The summed E-state index contributed by atoms with van der Waals surface area (Å²) in [4.78, 5) is 25.5. The Morgan fingerprint density at radius 3 is 2.45 bits per heavy atom. The molecule has 2 heterocycles. The lowest BCUT2D eigenvalue weighted by Crippen LogP contribution is -2.27. The summed E-state index contributed by atoms with van der Waals surface area (Å²) in [5.74, 6) is -0.0518. The number of halogens is 1. The maximum atomic E-state index is 14.4. The fourth-order valence-corrected chi connectivity index (χ4v) is 5.01. The van der Waals surface area contributed by atoms with Gasteiger partial charge in [-0.05, 0) is 70.0 Å². The lowest BCUT2D eigenvalue weighted by molar-refractivity contribution is -0.131. The topological polar surface area (TPSA) is 104 Å². The summed E-state index contributed by atoms with van der Waals surface area (Å²) in [5.41, 5.74) is 2.44. The van der Waals surface area contributed by atoms with Gasteiger partial charge in [-0.3, -0.25) is 4.79 Å². The van der Waals surface area contributed by atoms with Gasteiger partial charge in [-0.2, -0.15) is 0 Å². The van der Waals surface area contributed by atoms with E-state index in [2.05, 4.69) is 0 Å². The van der Waals surface area contributed by atoms with Crippen molar-refractivity contribution in [2.24, 2.45) is 0 Å². The van der Waals surface area contributed by atoms with Gasteiger partial charge in [0.05, 0.1) is 18.1 Å². The maximum absolute atomic E-state index is 14.4. The Bertz CT molecular complexity index is 1890. The molecule has 4 aromatic rings. The Kier molecular flexibility index (Phi) is 8.49. The molecule has 9 heteroatoms. The van der Waals surface area contributed by atoms with E-state index in [1.54, 1.807) is 24.3 Å². The zero-order valence-corrected chi connectivity index (χ0v) is 25.2. The van der Waals surface area contributed by atoms with Gasteiger partial charge >= 0.3 is 5.97 Å². The van der Waals surface area contributed by atoms with Crippen molar-refractivity contribution >= 4 is 34.0 Å². The highest BCUT2D eigenvalue weighted by atomic mass is 19.1. The van der Waals surface area contributed by atoms with Gasteiger partial charge in [0.15, 0.2) is 11.5 Å². The Hall–Kier alpha value is -5.05. The van der Waals surface area contributed by atoms with Crippen molar-refractivity contribution in [1.82, 2.24) is 0 Å². The molecule has 0 saturated heterocycles. The van der Waals surface area contributed by atoms with Crippen molar-refractivity contribution in [1.29, 1.82) is 0 Å². The van der Waals surface area contributed by atoms with Gasteiger partial charge in [0.1, 0.15) is 52.7 Å². The molecule has 0 saturated carbocycles. The lowest BCUT2D eigenvalue weighted by atomic mass is 9.97. The molecule has 1 aromatic heterocycles. The molecule has 1 N–H and O–H groups in total. The van der Waals surface area contributed by atoms with Crippen LogP contribution >= 0.6 is 0 Å². The van der Waals surface area contributed by atoms with Crippen molar-refractivity contribution in [3.8, 4) is 23.0 Å². The van der Waals surface area contributed by atoms with Crippen molar-refractivity contribution in [2.75, 3.05) is 13.7 Å². The van der Waals surface area contributed by atoms with Gasteiger partial charge < -0.3 is 28.5 Å². The average Bonchev–Trinajstić information content (AvgIpc) is 2.96.